The Labute approximate surface area is 86.2 Å². The van der Waals surface area contributed by atoms with Crippen molar-refractivity contribution < 1.29 is 29.0 Å². The Morgan fingerprint density at radius 3 is 1.60 bits per heavy atom. The second-order valence-corrected chi connectivity index (χ2v) is 2.30. The summed E-state index contributed by atoms with van der Waals surface area (Å²) in [4.78, 5) is 9.47. The average Bonchev–Trinajstić information content (AvgIpc) is 1.30. The van der Waals surface area contributed by atoms with Gasteiger partial charge in [0.2, 0.25) is 0 Å². The van der Waals surface area contributed by atoms with Gasteiger partial charge in [-0.25, -0.2) is 0 Å². The van der Waals surface area contributed by atoms with Gasteiger partial charge < -0.3 is 17.0 Å². The van der Waals surface area contributed by atoms with Gasteiger partial charge >= 0.3 is 19.5 Å². The van der Waals surface area contributed by atoms with Crippen molar-refractivity contribution in [1.29, 1.82) is 0 Å². The first-order chi connectivity index (χ1) is 3.06. The molecular weight excluding hydrogens is 249 g/mol. The molecule has 0 aliphatic heterocycles. The Morgan fingerprint density at radius 1 is 1.30 bits per heavy atom. The van der Waals surface area contributed by atoms with Gasteiger partial charge in [0.05, 0.1) is 5.60 Å². The molecule has 0 aromatic heterocycles. The minimum Gasteiger partial charge on any atom is -0.649 e. The Hall–Kier alpha value is 0.573. The second-order valence-electron chi connectivity index (χ2n) is 2.30. The van der Waals surface area contributed by atoms with E-state index in [-0.39, 0.29) is 49.5 Å². The number of halogens is 1. The van der Waals surface area contributed by atoms with E-state index >= 15 is 0 Å². The summed E-state index contributed by atoms with van der Waals surface area (Å²) < 4.78 is 4.42. The molecule has 0 saturated heterocycles. The van der Waals surface area contributed by atoms with Crippen LogP contribution in [0.4, 0.5) is 0 Å². The van der Waals surface area contributed by atoms with Gasteiger partial charge in [-0.05, 0) is 20.8 Å². The molecule has 0 aromatic rings. The van der Waals surface area contributed by atoms with Crippen LogP contribution in [0.5, 0.6) is 0 Å². The third-order valence-electron chi connectivity index (χ3n) is 0.348. The quantitative estimate of drug-likeness (QED) is 0.533. The number of rotatable bonds is 1. The molecule has 0 N–H and O–H groups in total. The molecule has 58 valence electrons. The van der Waals surface area contributed by atoms with Crippen LogP contribution in [-0.4, -0.2) is 12.1 Å². The molecule has 0 aliphatic rings. The van der Waals surface area contributed by atoms with Crippen LogP contribution in [0, 0.1) is 7.43 Å². The van der Waals surface area contributed by atoms with Crippen molar-refractivity contribution in [3.63, 3.8) is 0 Å². The first-order valence-corrected chi connectivity index (χ1v) is 2.11. The topological polar surface area (TPSA) is 26.3 Å². The molecule has 0 heterocycles. The molecule has 0 saturated carbocycles. The summed E-state index contributed by atoms with van der Waals surface area (Å²) in [5, 5.41) is 0. The summed E-state index contributed by atoms with van der Waals surface area (Å²) in [6.45, 7) is 6.73. The van der Waals surface area contributed by atoms with E-state index in [0.717, 1.165) is 0 Å². The first-order valence-electron chi connectivity index (χ1n) is 2.11. The molecule has 10 heavy (non-hydrogen) atoms. The summed E-state index contributed by atoms with van der Waals surface area (Å²) >= 11 is 0. The van der Waals surface area contributed by atoms with E-state index in [9.17, 15) is 4.79 Å². The van der Waals surface area contributed by atoms with Crippen molar-refractivity contribution in [1.82, 2.24) is 0 Å². The van der Waals surface area contributed by atoms with Gasteiger partial charge in [0, 0.05) is 0 Å². The number of ether oxygens (including phenoxy) is 1. The fraction of sp³-hybridized carbons (Fsp3) is 0.667. The summed E-state index contributed by atoms with van der Waals surface area (Å²) in [5.74, 6) is 0. The average molecular weight is 262 g/mol. The van der Waals surface area contributed by atoms with Crippen molar-refractivity contribution in [3.05, 3.63) is 7.43 Å². The van der Waals surface area contributed by atoms with Gasteiger partial charge in [-0.3, -0.25) is 0 Å². The monoisotopic (exact) mass is 260 g/mol. The minimum atomic E-state index is -0.373. The van der Waals surface area contributed by atoms with E-state index in [4.69, 9.17) is 0 Å². The second kappa shape index (κ2) is 9.57. The largest absolute Gasteiger partial charge is 2.00 e. The van der Waals surface area contributed by atoms with E-state index in [1.807, 2.05) is 0 Å². The molecule has 0 unspecified atom stereocenters. The smallest absolute Gasteiger partial charge is 0.649 e. The van der Waals surface area contributed by atoms with E-state index in [0.29, 0.717) is 0 Å². The predicted octanol–water partition coefficient (Wildman–Crippen LogP) is 1.89. The summed E-state index contributed by atoms with van der Waals surface area (Å²) in [5.41, 5.74) is -0.373. The van der Waals surface area contributed by atoms with Crippen LogP contribution in [-0.2, 0) is 29.0 Å². The third kappa shape index (κ3) is 23.5. The van der Waals surface area contributed by atoms with Crippen molar-refractivity contribution >= 4 is 23.5 Å². The van der Waals surface area contributed by atoms with E-state index in [1.165, 1.54) is 6.47 Å². The van der Waals surface area contributed by atoms with Gasteiger partial charge in [-0.2, -0.15) is 0 Å². The van der Waals surface area contributed by atoms with Crippen LogP contribution in [0.1, 0.15) is 20.8 Å². The fourth-order valence-electron chi connectivity index (χ4n) is 0.125. The number of hydrogen-bond acceptors (Lipinski definition) is 2. The van der Waals surface area contributed by atoms with Crippen molar-refractivity contribution in [3.8, 4) is 0 Å². The summed E-state index contributed by atoms with van der Waals surface area (Å²) in [7, 11) is 0. The Bertz CT molecular complexity index is 70.6. The first kappa shape index (κ1) is 22.4. The van der Waals surface area contributed by atoms with Crippen LogP contribution >= 0.6 is 17.0 Å². The maximum absolute atomic E-state index is 9.47. The third-order valence-corrected chi connectivity index (χ3v) is 0.348. The molecule has 0 spiro atoms. The maximum Gasteiger partial charge on any atom is 2.00 e. The molecule has 0 atom stereocenters. The maximum atomic E-state index is 9.47. The van der Waals surface area contributed by atoms with Crippen LogP contribution in [0.15, 0.2) is 0 Å². The summed E-state index contributed by atoms with van der Waals surface area (Å²) in [6, 6.07) is 0. The normalized spacial score (nSPS) is 7.50. The van der Waals surface area contributed by atoms with Crippen LogP contribution in [0.25, 0.3) is 0 Å². The zero-order valence-electron chi connectivity index (χ0n) is 6.93. The Balaban J connectivity index is -0.0000000600. The number of carbonyl (C=O) groups excluding carboxylic acids is 1. The molecular formula is C6H13BrO2Zn. The molecule has 0 amide bonds. The van der Waals surface area contributed by atoms with Crippen LogP contribution < -0.4 is 0 Å². The van der Waals surface area contributed by atoms with E-state index < -0.39 is 0 Å². The van der Waals surface area contributed by atoms with E-state index in [1.54, 1.807) is 20.8 Å². The molecule has 2 nitrogen and oxygen atoms in total. The zero-order valence-corrected chi connectivity index (χ0v) is 11.6. The predicted molar refractivity (Wildman–Crippen MR) is 43.3 cm³/mol. The van der Waals surface area contributed by atoms with Crippen LogP contribution in [0.2, 0.25) is 0 Å². The van der Waals surface area contributed by atoms with Gasteiger partial charge in [-0.1, -0.05) is 6.47 Å². The molecule has 0 rings (SSSR count). The van der Waals surface area contributed by atoms with Gasteiger partial charge in [0.25, 0.3) is 0 Å². The fourth-order valence-corrected chi connectivity index (χ4v) is 0.125. The van der Waals surface area contributed by atoms with Crippen molar-refractivity contribution in [2.24, 2.45) is 0 Å². The Kier molecular flexibility index (Phi) is 21.5. The van der Waals surface area contributed by atoms with E-state index in [2.05, 4.69) is 4.74 Å². The van der Waals surface area contributed by atoms with Crippen molar-refractivity contribution in [2.75, 3.05) is 0 Å². The van der Waals surface area contributed by atoms with Gasteiger partial charge in [0.15, 0.2) is 0 Å². The molecule has 0 aromatic carbocycles. The number of hydrogen-bond donors (Lipinski definition) is 0. The summed E-state index contributed by atoms with van der Waals surface area (Å²) in [6.07, 6.45) is 0. The zero-order chi connectivity index (χ0) is 5.91. The van der Waals surface area contributed by atoms with Crippen LogP contribution in [0.3, 0.4) is 0 Å². The molecule has 0 bridgehead atoms. The van der Waals surface area contributed by atoms with Crippen molar-refractivity contribution in [2.45, 2.75) is 26.4 Å². The molecule has 4 heteroatoms. The van der Waals surface area contributed by atoms with Gasteiger partial charge in [0.1, 0.15) is 0 Å². The molecule has 0 fully saturated rings. The Morgan fingerprint density at radius 2 is 1.60 bits per heavy atom. The standard InChI is InChI=1S/C5H9O2.CH3.BrH.Zn/c1-5(2,3)7-4-6;;;/h1-3H3;1H3;1H;/q2*-1;;+2. The SMILES string of the molecule is Br.CC(C)(C)O[C-]=O.[CH3-].[Zn+2]. The molecule has 0 radical (unpaired) electrons. The van der Waals surface area contributed by atoms with Gasteiger partial charge in [-0.15, -0.1) is 17.0 Å². The minimum absolute atomic E-state index is 0. The molecule has 0 aliphatic carbocycles.